The van der Waals surface area contributed by atoms with Crippen LogP contribution in [0.2, 0.25) is 0 Å². The Morgan fingerprint density at radius 2 is 1.45 bits per heavy atom. The molecule has 0 N–H and O–H groups in total. The second-order valence-corrected chi connectivity index (χ2v) is 7.39. The summed E-state index contributed by atoms with van der Waals surface area (Å²) < 4.78 is 11.7. The molecule has 0 amide bonds. The molecule has 0 fully saturated rings. The summed E-state index contributed by atoms with van der Waals surface area (Å²) in [6, 6.07) is 12.8. The van der Waals surface area contributed by atoms with Gasteiger partial charge in [0.05, 0.1) is 31.6 Å². The molecule has 0 aliphatic heterocycles. The number of esters is 2. The first-order valence-corrected chi connectivity index (χ1v) is 10.4. The van der Waals surface area contributed by atoms with Gasteiger partial charge < -0.3 is 9.47 Å². The molecule has 162 valence electrons. The molecule has 6 nitrogen and oxygen atoms in total. The maximum atomic E-state index is 13.4. The van der Waals surface area contributed by atoms with Crippen LogP contribution in [0, 0.1) is 13.8 Å². The summed E-state index contributed by atoms with van der Waals surface area (Å²) in [4.78, 5) is 37.2. The Morgan fingerprint density at radius 1 is 0.839 bits per heavy atom. The van der Waals surface area contributed by atoms with E-state index in [1.165, 1.54) is 0 Å². The molecular formula is C25H27NO5. The van der Waals surface area contributed by atoms with Crippen LogP contribution in [-0.4, -0.2) is 35.6 Å². The van der Waals surface area contributed by atoms with E-state index in [9.17, 15) is 14.4 Å². The van der Waals surface area contributed by atoms with E-state index in [0.29, 0.717) is 24.5 Å². The van der Waals surface area contributed by atoms with Crippen molar-refractivity contribution >= 4 is 28.7 Å². The van der Waals surface area contributed by atoms with Crippen LogP contribution >= 0.6 is 0 Å². The van der Waals surface area contributed by atoms with Gasteiger partial charge in [-0.3, -0.25) is 19.0 Å². The van der Waals surface area contributed by atoms with Crippen LogP contribution < -0.4 is 0 Å². The molecule has 2 aromatic carbocycles. The highest BCUT2D eigenvalue weighted by atomic mass is 16.5. The third-order valence-corrected chi connectivity index (χ3v) is 5.17. The van der Waals surface area contributed by atoms with Crippen molar-refractivity contribution in [3.05, 3.63) is 70.4 Å². The van der Waals surface area contributed by atoms with Gasteiger partial charge >= 0.3 is 11.9 Å². The fraction of sp³-hybridized carbons (Fsp3) is 0.320. The predicted octanol–water partition coefficient (Wildman–Crippen LogP) is 4.16. The lowest BCUT2D eigenvalue weighted by molar-refractivity contribution is -0.143. The first kappa shape index (κ1) is 22.3. The van der Waals surface area contributed by atoms with Gasteiger partial charge in [0.25, 0.3) is 5.91 Å². The Labute approximate surface area is 181 Å². The lowest BCUT2D eigenvalue weighted by Crippen LogP contribution is -2.15. The highest BCUT2D eigenvalue weighted by Crippen LogP contribution is 2.29. The molecule has 31 heavy (non-hydrogen) atoms. The Hall–Kier alpha value is -3.41. The van der Waals surface area contributed by atoms with Crippen molar-refractivity contribution in [1.29, 1.82) is 0 Å². The SMILES string of the molecule is CCOC(=O)Cc1ccc(C(=O)n2c(C)c(CC(=O)OCC)c3cc(C)ccc32)cc1. The standard InChI is InChI=1S/C25H27NO5/c1-5-30-23(27)14-18-8-10-19(11-9-18)25(29)26-17(4)20(15-24(28)31-6-2)21-13-16(3)7-12-22(21)26/h7-13H,5-6,14-15H2,1-4H3. The molecule has 3 aromatic rings. The smallest absolute Gasteiger partial charge is 0.310 e. The summed E-state index contributed by atoms with van der Waals surface area (Å²) >= 11 is 0. The molecule has 0 atom stereocenters. The van der Waals surface area contributed by atoms with Crippen LogP contribution in [0.4, 0.5) is 0 Å². The Morgan fingerprint density at radius 3 is 2.06 bits per heavy atom. The molecule has 1 heterocycles. The molecule has 1 aromatic heterocycles. The summed E-state index contributed by atoms with van der Waals surface area (Å²) in [6.07, 6.45) is 0.273. The van der Waals surface area contributed by atoms with Crippen LogP contribution in [0.15, 0.2) is 42.5 Å². The minimum absolute atomic E-state index is 0.110. The molecule has 0 saturated carbocycles. The fourth-order valence-corrected chi connectivity index (χ4v) is 3.71. The Balaban J connectivity index is 1.98. The maximum Gasteiger partial charge on any atom is 0.310 e. The number of nitrogens with zero attached hydrogens (tertiary/aromatic N) is 1. The zero-order chi connectivity index (χ0) is 22.5. The van der Waals surface area contributed by atoms with Gasteiger partial charge in [0, 0.05) is 16.6 Å². The van der Waals surface area contributed by atoms with E-state index in [4.69, 9.17) is 9.47 Å². The summed E-state index contributed by atoms with van der Waals surface area (Å²) in [6.45, 7) is 8.01. The third kappa shape index (κ3) is 4.85. The highest BCUT2D eigenvalue weighted by molar-refractivity contribution is 6.04. The minimum atomic E-state index is -0.318. The number of ether oxygens (including phenoxy) is 2. The molecule has 0 radical (unpaired) electrons. The van der Waals surface area contributed by atoms with Gasteiger partial charge in [-0.15, -0.1) is 0 Å². The van der Waals surface area contributed by atoms with Gasteiger partial charge in [-0.1, -0.05) is 23.8 Å². The van der Waals surface area contributed by atoms with E-state index in [2.05, 4.69) is 0 Å². The average molecular weight is 421 g/mol. The van der Waals surface area contributed by atoms with Gasteiger partial charge in [0.15, 0.2) is 0 Å². The molecule has 0 aliphatic carbocycles. The largest absolute Gasteiger partial charge is 0.466 e. The molecule has 3 rings (SSSR count). The van der Waals surface area contributed by atoms with Crippen molar-refractivity contribution < 1.29 is 23.9 Å². The first-order chi connectivity index (χ1) is 14.8. The van der Waals surface area contributed by atoms with Crippen molar-refractivity contribution in [2.75, 3.05) is 13.2 Å². The van der Waals surface area contributed by atoms with Gasteiger partial charge in [-0.2, -0.15) is 0 Å². The Bertz CT molecular complexity index is 1130. The minimum Gasteiger partial charge on any atom is -0.466 e. The molecular weight excluding hydrogens is 394 g/mol. The van der Waals surface area contributed by atoms with E-state index < -0.39 is 0 Å². The van der Waals surface area contributed by atoms with E-state index >= 15 is 0 Å². The summed E-state index contributed by atoms with van der Waals surface area (Å²) in [5.41, 5.74) is 4.59. The van der Waals surface area contributed by atoms with Crippen molar-refractivity contribution in [2.24, 2.45) is 0 Å². The number of aromatic nitrogens is 1. The summed E-state index contributed by atoms with van der Waals surface area (Å²) in [7, 11) is 0. The zero-order valence-electron chi connectivity index (χ0n) is 18.4. The van der Waals surface area contributed by atoms with Crippen LogP contribution in [0.3, 0.4) is 0 Å². The second kappa shape index (κ2) is 9.60. The normalized spacial score (nSPS) is 10.8. The lowest BCUT2D eigenvalue weighted by Gasteiger charge is -2.09. The zero-order valence-corrected chi connectivity index (χ0v) is 18.4. The first-order valence-electron chi connectivity index (χ1n) is 10.4. The van der Waals surface area contributed by atoms with Gasteiger partial charge in [-0.25, -0.2) is 0 Å². The van der Waals surface area contributed by atoms with Gasteiger partial charge in [0.1, 0.15) is 0 Å². The quantitative estimate of drug-likeness (QED) is 0.536. The number of benzene rings is 2. The van der Waals surface area contributed by atoms with Crippen LogP contribution in [0.25, 0.3) is 10.9 Å². The van der Waals surface area contributed by atoms with Crippen molar-refractivity contribution in [2.45, 2.75) is 40.5 Å². The average Bonchev–Trinajstić information content (AvgIpc) is 2.99. The highest BCUT2D eigenvalue weighted by Gasteiger charge is 2.22. The van der Waals surface area contributed by atoms with E-state index in [-0.39, 0.29) is 30.7 Å². The van der Waals surface area contributed by atoms with Gasteiger partial charge in [-0.05, 0) is 63.1 Å². The second-order valence-electron chi connectivity index (χ2n) is 7.39. The number of carbonyl (C=O) groups excluding carboxylic acids is 3. The van der Waals surface area contributed by atoms with Crippen molar-refractivity contribution in [1.82, 2.24) is 4.57 Å². The number of hydrogen-bond acceptors (Lipinski definition) is 5. The van der Waals surface area contributed by atoms with Gasteiger partial charge in [0.2, 0.25) is 0 Å². The summed E-state index contributed by atoms with van der Waals surface area (Å²) in [5, 5.41) is 0.873. The molecule has 6 heteroatoms. The van der Waals surface area contributed by atoms with Crippen LogP contribution in [0.5, 0.6) is 0 Å². The molecule has 0 bridgehead atoms. The lowest BCUT2D eigenvalue weighted by atomic mass is 10.1. The number of carbonyl (C=O) groups is 3. The van der Waals surface area contributed by atoms with E-state index in [1.54, 1.807) is 42.7 Å². The number of fused-ring (bicyclic) bond motifs is 1. The maximum absolute atomic E-state index is 13.4. The summed E-state index contributed by atoms with van der Waals surface area (Å²) in [5.74, 6) is -0.807. The number of rotatable bonds is 7. The van der Waals surface area contributed by atoms with Crippen molar-refractivity contribution in [3.8, 4) is 0 Å². The predicted molar refractivity (Wildman–Crippen MR) is 118 cm³/mol. The number of hydrogen-bond donors (Lipinski definition) is 0. The van der Waals surface area contributed by atoms with Crippen LogP contribution in [-0.2, 0) is 31.9 Å². The van der Waals surface area contributed by atoms with E-state index in [1.807, 2.05) is 32.0 Å². The molecule has 0 saturated heterocycles. The fourth-order valence-electron chi connectivity index (χ4n) is 3.71. The topological polar surface area (TPSA) is 74.6 Å². The number of aryl methyl sites for hydroxylation is 1. The molecule has 0 unspecified atom stereocenters. The third-order valence-electron chi connectivity index (χ3n) is 5.17. The Kier molecular flexibility index (Phi) is 6.90. The van der Waals surface area contributed by atoms with E-state index in [0.717, 1.165) is 27.6 Å². The molecule has 0 spiro atoms. The van der Waals surface area contributed by atoms with Crippen LogP contribution in [0.1, 0.15) is 46.6 Å². The monoisotopic (exact) mass is 421 g/mol. The molecule has 0 aliphatic rings. The van der Waals surface area contributed by atoms with Crippen molar-refractivity contribution in [3.63, 3.8) is 0 Å².